The van der Waals surface area contributed by atoms with Crippen LogP contribution in [0.5, 0.6) is 0 Å². The fourth-order valence-corrected chi connectivity index (χ4v) is 2.62. The molecule has 0 amide bonds. The van der Waals surface area contributed by atoms with Crippen molar-refractivity contribution in [2.24, 2.45) is 0 Å². The van der Waals surface area contributed by atoms with Gasteiger partial charge < -0.3 is 4.42 Å². The van der Waals surface area contributed by atoms with E-state index in [1.165, 1.54) is 12.3 Å². The third-order valence-electron chi connectivity index (χ3n) is 2.90. The molecule has 3 aromatic rings. The van der Waals surface area contributed by atoms with Gasteiger partial charge in [0.25, 0.3) is 0 Å². The van der Waals surface area contributed by atoms with Gasteiger partial charge in [0, 0.05) is 6.54 Å². The van der Waals surface area contributed by atoms with Gasteiger partial charge in [-0.3, -0.25) is 4.57 Å². The summed E-state index contributed by atoms with van der Waals surface area (Å²) in [7, 11) is 0. The van der Waals surface area contributed by atoms with Gasteiger partial charge in [0.2, 0.25) is 5.82 Å². The standard InChI is InChI=1S/C14H10F3N5OS/c1-2-7-22-12(9-4-3-8-23-9)20-21-13(22)24-11-6-5-10(18-19-11)14(15,16)17/h2-6,8H,1,7H2. The van der Waals surface area contributed by atoms with Crippen molar-refractivity contribution in [1.82, 2.24) is 25.0 Å². The van der Waals surface area contributed by atoms with Crippen LogP contribution in [0.25, 0.3) is 11.6 Å². The van der Waals surface area contributed by atoms with Crippen LogP contribution in [-0.4, -0.2) is 25.0 Å². The molecule has 0 saturated heterocycles. The largest absolute Gasteiger partial charge is 0.461 e. The molecule has 3 aromatic heterocycles. The van der Waals surface area contributed by atoms with Gasteiger partial charge in [-0.25, -0.2) is 0 Å². The number of rotatable bonds is 5. The first-order valence-electron chi connectivity index (χ1n) is 6.66. The number of nitrogens with zero attached hydrogens (tertiary/aromatic N) is 5. The van der Waals surface area contributed by atoms with Crippen LogP contribution in [0.2, 0.25) is 0 Å². The van der Waals surface area contributed by atoms with Crippen LogP contribution < -0.4 is 0 Å². The average molecular weight is 353 g/mol. The third kappa shape index (κ3) is 3.32. The summed E-state index contributed by atoms with van der Waals surface area (Å²) in [6.07, 6.45) is -1.36. The van der Waals surface area contributed by atoms with Gasteiger partial charge in [0.05, 0.1) is 6.26 Å². The van der Waals surface area contributed by atoms with Gasteiger partial charge in [-0.05, 0) is 36.0 Å². The minimum absolute atomic E-state index is 0.270. The molecule has 0 aliphatic carbocycles. The third-order valence-corrected chi connectivity index (χ3v) is 3.81. The van der Waals surface area contributed by atoms with E-state index in [1.54, 1.807) is 22.8 Å². The fourth-order valence-electron chi connectivity index (χ4n) is 1.87. The first-order chi connectivity index (χ1) is 11.5. The lowest BCUT2D eigenvalue weighted by molar-refractivity contribution is -0.141. The maximum absolute atomic E-state index is 12.5. The Morgan fingerprint density at radius 2 is 2.00 bits per heavy atom. The Labute approximate surface area is 138 Å². The molecule has 3 rings (SSSR count). The number of halogens is 3. The monoisotopic (exact) mass is 353 g/mol. The molecule has 0 aromatic carbocycles. The Morgan fingerprint density at radius 3 is 2.58 bits per heavy atom. The highest BCUT2D eigenvalue weighted by molar-refractivity contribution is 7.99. The zero-order valence-corrected chi connectivity index (χ0v) is 12.9. The lowest BCUT2D eigenvalue weighted by atomic mass is 10.4. The SMILES string of the molecule is C=CCn1c(Sc2ccc(C(F)(F)F)nn2)nnc1-c1ccco1. The second kappa shape index (κ2) is 6.48. The van der Waals surface area contributed by atoms with Crippen LogP contribution in [0, 0.1) is 0 Å². The molecule has 0 radical (unpaired) electrons. The van der Waals surface area contributed by atoms with Crippen molar-refractivity contribution in [3.05, 3.63) is 48.9 Å². The summed E-state index contributed by atoms with van der Waals surface area (Å²) in [4.78, 5) is 0. The molecule has 6 nitrogen and oxygen atoms in total. The smallest absolute Gasteiger partial charge is 0.435 e. The van der Waals surface area contributed by atoms with E-state index in [1.807, 2.05) is 0 Å². The van der Waals surface area contributed by atoms with Crippen molar-refractivity contribution >= 4 is 11.8 Å². The maximum Gasteiger partial charge on any atom is 0.435 e. The van der Waals surface area contributed by atoms with E-state index in [-0.39, 0.29) is 5.03 Å². The molecule has 0 aliphatic heterocycles. The van der Waals surface area contributed by atoms with Crippen LogP contribution in [0.1, 0.15) is 5.69 Å². The molecule has 24 heavy (non-hydrogen) atoms. The topological polar surface area (TPSA) is 69.6 Å². The molecule has 10 heteroatoms. The highest BCUT2D eigenvalue weighted by Crippen LogP contribution is 2.31. The van der Waals surface area contributed by atoms with Gasteiger partial charge in [0.1, 0.15) is 5.03 Å². The molecule has 3 heterocycles. The minimum Gasteiger partial charge on any atom is -0.461 e. The molecule has 0 bridgehead atoms. The van der Waals surface area contributed by atoms with Gasteiger partial charge >= 0.3 is 6.18 Å². The maximum atomic E-state index is 12.5. The molecule has 0 unspecified atom stereocenters. The first kappa shape index (κ1) is 16.2. The van der Waals surface area contributed by atoms with Crippen LogP contribution >= 0.6 is 11.8 Å². The number of hydrogen-bond acceptors (Lipinski definition) is 6. The molecule has 0 aliphatic rings. The summed E-state index contributed by atoms with van der Waals surface area (Å²) < 4.78 is 44.6. The lowest BCUT2D eigenvalue weighted by Gasteiger charge is -2.07. The first-order valence-corrected chi connectivity index (χ1v) is 7.47. The van der Waals surface area contributed by atoms with E-state index in [0.29, 0.717) is 23.3 Å². The number of furan rings is 1. The molecule has 0 saturated carbocycles. The van der Waals surface area contributed by atoms with Crippen molar-refractivity contribution in [3.63, 3.8) is 0 Å². The fraction of sp³-hybridized carbons (Fsp3) is 0.143. The summed E-state index contributed by atoms with van der Waals surface area (Å²) in [6, 6.07) is 5.56. The highest BCUT2D eigenvalue weighted by atomic mass is 32.2. The van der Waals surface area contributed by atoms with Crippen molar-refractivity contribution in [2.75, 3.05) is 0 Å². The Morgan fingerprint density at radius 1 is 1.17 bits per heavy atom. The number of allylic oxidation sites excluding steroid dienone is 1. The summed E-state index contributed by atoms with van der Waals surface area (Å²) in [5, 5.41) is 15.6. The summed E-state index contributed by atoms with van der Waals surface area (Å²) in [5.41, 5.74) is -1.05. The van der Waals surface area contributed by atoms with Crippen molar-refractivity contribution in [2.45, 2.75) is 22.9 Å². The second-order valence-corrected chi connectivity index (χ2v) is 5.53. The van der Waals surface area contributed by atoms with Gasteiger partial charge in [-0.15, -0.1) is 27.0 Å². The van der Waals surface area contributed by atoms with Crippen LogP contribution in [0.3, 0.4) is 0 Å². The zero-order chi connectivity index (χ0) is 17.2. The highest BCUT2D eigenvalue weighted by Gasteiger charge is 2.33. The lowest BCUT2D eigenvalue weighted by Crippen LogP contribution is -2.09. The molecule has 0 fully saturated rings. The molecule has 0 N–H and O–H groups in total. The predicted molar refractivity (Wildman–Crippen MR) is 79.1 cm³/mol. The van der Waals surface area contributed by atoms with E-state index in [2.05, 4.69) is 27.0 Å². The van der Waals surface area contributed by atoms with Gasteiger partial charge in [-0.2, -0.15) is 13.2 Å². The molecule has 124 valence electrons. The van der Waals surface area contributed by atoms with Crippen molar-refractivity contribution in [1.29, 1.82) is 0 Å². The normalized spacial score (nSPS) is 11.6. The summed E-state index contributed by atoms with van der Waals surface area (Å²) >= 11 is 1.05. The Bertz CT molecular complexity index is 827. The van der Waals surface area contributed by atoms with Crippen LogP contribution in [0.15, 0.2) is 57.8 Å². The summed E-state index contributed by atoms with van der Waals surface area (Å²) in [6.45, 7) is 4.08. The number of hydrogen-bond donors (Lipinski definition) is 0. The van der Waals surface area contributed by atoms with E-state index < -0.39 is 11.9 Å². The van der Waals surface area contributed by atoms with Crippen molar-refractivity contribution < 1.29 is 17.6 Å². The minimum atomic E-state index is -4.52. The second-order valence-electron chi connectivity index (χ2n) is 4.54. The molecular formula is C14H10F3N5OS. The van der Waals surface area contributed by atoms with Crippen LogP contribution in [-0.2, 0) is 12.7 Å². The van der Waals surface area contributed by atoms with Crippen molar-refractivity contribution in [3.8, 4) is 11.6 Å². The van der Waals surface area contributed by atoms with Crippen LogP contribution in [0.4, 0.5) is 13.2 Å². The Kier molecular flexibility index (Phi) is 4.38. The summed E-state index contributed by atoms with van der Waals surface area (Å²) in [5.74, 6) is 1.01. The number of aromatic nitrogens is 5. The van der Waals surface area contributed by atoms with Gasteiger partial charge in [-0.1, -0.05) is 6.08 Å². The van der Waals surface area contributed by atoms with E-state index in [4.69, 9.17) is 4.42 Å². The Hall–Kier alpha value is -2.62. The number of alkyl halides is 3. The van der Waals surface area contributed by atoms with E-state index in [9.17, 15) is 13.2 Å². The molecule has 0 atom stereocenters. The van der Waals surface area contributed by atoms with E-state index >= 15 is 0 Å². The average Bonchev–Trinajstić information content (AvgIpc) is 3.18. The molecule has 0 spiro atoms. The van der Waals surface area contributed by atoms with Gasteiger partial charge in [0.15, 0.2) is 16.6 Å². The molecular weight excluding hydrogens is 343 g/mol. The van der Waals surface area contributed by atoms with E-state index in [0.717, 1.165) is 17.8 Å². The zero-order valence-electron chi connectivity index (χ0n) is 12.1. The Balaban J connectivity index is 1.89. The quantitative estimate of drug-likeness (QED) is 0.652. The predicted octanol–water partition coefficient (Wildman–Crippen LogP) is 3.68.